The molecule has 0 atom stereocenters. The summed E-state index contributed by atoms with van der Waals surface area (Å²) in [7, 11) is 0. The predicted octanol–water partition coefficient (Wildman–Crippen LogP) is 13.1. The molecule has 0 unspecified atom stereocenters. The molecule has 1 aliphatic carbocycles. The molecule has 0 fully saturated rings. The van der Waals surface area contributed by atoms with E-state index in [9.17, 15) is 0 Å². The summed E-state index contributed by atoms with van der Waals surface area (Å²) in [4.78, 5) is 2.35. The van der Waals surface area contributed by atoms with Crippen molar-refractivity contribution >= 4 is 39.0 Å². The van der Waals surface area contributed by atoms with E-state index in [4.69, 9.17) is 4.42 Å². The molecule has 0 N–H and O–H groups in total. The number of hydrogen-bond acceptors (Lipinski definition) is 2. The molecular weight excluding hydrogens is 619 g/mol. The van der Waals surface area contributed by atoms with Gasteiger partial charge in [-0.05, 0) is 81.4 Å². The van der Waals surface area contributed by atoms with Crippen LogP contribution in [0, 0.1) is 0 Å². The second-order valence-corrected chi connectivity index (χ2v) is 13.3. The van der Waals surface area contributed by atoms with Gasteiger partial charge in [0.25, 0.3) is 0 Å². The lowest BCUT2D eigenvalue weighted by Gasteiger charge is -2.33. The quantitative estimate of drug-likeness (QED) is 0.178. The first-order valence-electron chi connectivity index (χ1n) is 17.5. The third kappa shape index (κ3) is 4.50. The molecule has 0 amide bonds. The minimum Gasteiger partial charge on any atom is -0.456 e. The number of rotatable bonds is 6. The fourth-order valence-corrected chi connectivity index (χ4v) is 8.38. The fraction of sp³-hybridized carbons (Fsp3) is 0.0204. The Balaban J connectivity index is 1.17. The second-order valence-electron chi connectivity index (χ2n) is 13.3. The van der Waals surface area contributed by atoms with Crippen molar-refractivity contribution in [3.63, 3.8) is 0 Å². The van der Waals surface area contributed by atoms with Crippen LogP contribution in [0.3, 0.4) is 0 Å². The van der Waals surface area contributed by atoms with E-state index in [-0.39, 0.29) is 0 Å². The Bertz CT molecular complexity index is 2650. The van der Waals surface area contributed by atoms with Crippen molar-refractivity contribution in [2.24, 2.45) is 0 Å². The van der Waals surface area contributed by atoms with Crippen LogP contribution in [0.15, 0.2) is 205 Å². The number of anilines is 3. The monoisotopic (exact) mass is 651 g/mol. The van der Waals surface area contributed by atoms with Crippen molar-refractivity contribution in [3.8, 4) is 22.3 Å². The molecule has 8 aromatic carbocycles. The minimum absolute atomic E-state index is 0.474. The van der Waals surface area contributed by atoms with Gasteiger partial charge in [0.2, 0.25) is 0 Å². The molecule has 0 aliphatic heterocycles. The van der Waals surface area contributed by atoms with E-state index in [1.807, 2.05) is 0 Å². The maximum Gasteiger partial charge on any atom is 0.135 e. The van der Waals surface area contributed by atoms with Crippen LogP contribution in [0.25, 0.3) is 44.2 Å². The van der Waals surface area contributed by atoms with E-state index in [0.717, 1.165) is 39.0 Å². The van der Waals surface area contributed by atoms with Crippen molar-refractivity contribution in [1.82, 2.24) is 0 Å². The molecule has 0 saturated carbocycles. The first-order valence-corrected chi connectivity index (χ1v) is 17.5. The summed E-state index contributed by atoms with van der Waals surface area (Å²) in [6, 6.07) is 72.0. The van der Waals surface area contributed by atoms with Gasteiger partial charge in [0.05, 0.1) is 11.1 Å². The van der Waals surface area contributed by atoms with Gasteiger partial charge < -0.3 is 9.32 Å². The molecule has 2 heteroatoms. The average molecular weight is 652 g/mol. The van der Waals surface area contributed by atoms with Crippen LogP contribution in [-0.2, 0) is 5.41 Å². The van der Waals surface area contributed by atoms with Crippen LogP contribution < -0.4 is 4.90 Å². The summed E-state index contributed by atoms with van der Waals surface area (Å²) in [5.74, 6) is 0. The smallest absolute Gasteiger partial charge is 0.135 e. The zero-order chi connectivity index (χ0) is 33.8. The van der Waals surface area contributed by atoms with Gasteiger partial charge in [-0.3, -0.25) is 0 Å². The third-order valence-corrected chi connectivity index (χ3v) is 10.5. The molecule has 1 aliphatic rings. The van der Waals surface area contributed by atoms with Crippen LogP contribution in [0.2, 0.25) is 0 Å². The highest BCUT2D eigenvalue weighted by Gasteiger charge is 2.46. The van der Waals surface area contributed by atoms with E-state index in [1.54, 1.807) is 0 Å². The fourth-order valence-electron chi connectivity index (χ4n) is 8.38. The number of nitrogens with zero attached hydrogens (tertiary/aromatic N) is 1. The van der Waals surface area contributed by atoms with Gasteiger partial charge in [-0.1, -0.05) is 158 Å². The van der Waals surface area contributed by atoms with Crippen molar-refractivity contribution < 1.29 is 4.42 Å². The van der Waals surface area contributed by atoms with Gasteiger partial charge in [-0.2, -0.15) is 0 Å². The highest BCUT2D eigenvalue weighted by Crippen LogP contribution is 2.56. The average Bonchev–Trinajstić information content (AvgIpc) is 3.72. The lowest BCUT2D eigenvalue weighted by molar-refractivity contribution is 0.665. The van der Waals surface area contributed by atoms with E-state index in [2.05, 4.69) is 205 Å². The topological polar surface area (TPSA) is 16.4 Å². The summed E-state index contributed by atoms with van der Waals surface area (Å²) >= 11 is 0. The van der Waals surface area contributed by atoms with Crippen LogP contribution >= 0.6 is 0 Å². The molecule has 1 aromatic heterocycles. The summed E-state index contributed by atoms with van der Waals surface area (Å²) in [5.41, 5.74) is 14.5. The maximum absolute atomic E-state index is 6.73. The van der Waals surface area contributed by atoms with E-state index in [1.165, 1.54) is 44.5 Å². The summed E-state index contributed by atoms with van der Waals surface area (Å²) in [5, 5.41) is 2.19. The minimum atomic E-state index is -0.474. The van der Waals surface area contributed by atoms with Crippen LogP contribution in [-0.4, -0.2) is 0 Å². The van der Waals surface area contributed by atoms with Gasteiger partial charge in [0.1, 0.15) is 11.2 Å². The third-order valence-electron chi connectivity index (χ3n) is 10.5. The lowest BCUT2D eigenvalue weighted by atomic mass is 9.67. The molecule has 10 rings (SSSR count). The SMILES string of the molecule is c1ccc(-c2ccccc2N(c2ccccc2)c2ccc3oc4cc(C5(c6ccccc6)c6ccccc6-c6ccccc65)ccc4c3c2)cc1. The van der Waals surface area contributed by atoms with Crippen molar-refractivity contribution in [3.05, 3.63) is 222 Å². The van der Waals surface area contributed by atoms with Gasteiger partial charge in [-0.15, -0.1) is 0 Å². The number of hydrogen-bond donors (Lipinski definition) is 0. The number of para-hydroxylation sites is 2. The van der Waals surface area contributed by atoms with E-state index < -0.39 is 5.41 Å². The first kappa shape index (κ1) is 29.3. The van der Waals surface area contributed by atoms with Crippen molar-refractivity contribution in [2.45, 2.75) is 5.41 Å². The zero-order valence-electron chi connectivity index (χ0n) is 27.9. The number of benzene rings is 8. The second kappa shape index (κ2) is 11.8. The van der Waals surface area contributed by atoms with E-state index >= 15 is 0 Å². The largest absolute Gasteiger partial charge is 0.456 e. The molecule has 9 aromatic rings. The molecule has 0 saturated heterocycles. The summed E-state index contributed by atoms with van der Waals surface area (Å²) < 4.78 is 6.73. The Morgan fingerprint density at radius 2 is 0.961 bits per heavy atom. The van der Waals surface area contributed by atoms with Crippen LogP contribution in [0.1, 0.15) is 22.3 Å². The highest BCUT2D eigenvalue weighted by atomic mass is 16.3. The van der Waals surface area contributed by atoms with Crippen LogP contribution in [0.4, 0.5) is 17.1 Å². The molecule has 2 nitrogen and oxygen atoms in total. The lowest BCUT2D eigenvalue weighted by Crippen LogP contribution is -2.28. The Hall–Kier alpha value is -6.64. The number of furan rings is 1. The number of fused-ring (bicyclic) bond motifs is 6. The zero-order valence-corrected chi connectivity index (χ0v) is 27.9. The highest BCUT2D eigenvalue weighted by molar-refractivity contribution is 6.07. The Labute approximate surface area is 297 Å². The van der Waals surface area contributed by atoms with Crippen molar-refractivity contribution in [1.29, 1.82) is 0 Å². The van der Waals surface area contributed by atoms with Crippen molar-refractivity contribution in [2.75, 3.05) is 4.90 Å². The van der Waals surface area contributed by atoms with Gasteiger partial charge in [0.15, 0.2) is 0 Å². The Morgan fingerprint density at radius 3 is 1.67 bits per heavy atom. The van der Waals surface area contributed by atoms with Gasteiger partial charge in [0, 0.05) is 27.7 Å². The normalized spacial score (nSPS) is 12.9. The predicted molar refractivity (Wildman–Crippen MR) is 211 cm³/mol. The Kier molecular flexibility index (Phi) is 6.75. The molecule has 0 bridgehead atoms. The van der Waals surface area contributed by atoms with E-state index in [0.29, 0.717) is 0 Å². The molecule has 240 valence electrons. The summed E-state index contributed by atoms with van der Waals surface area (Å²) in [6.45, 7) is 0. The molecule has 0 spiro atoms. The van der Waals surface area contributed by atoms with Crippen LogP contribution in [0.5, 0.6) is 0 Å². The standard InChI is InChI=1S/C49H33NO/c1-4-16-34(17-5-1)39-22-12-15-27-46(39)50(37-20-8-3-9-21-37)38-29-31-47-43(33-38)42-30-28-36(32-48(42)51-47)49(35-18-6-2-7-19-35)44-25-13-10-23-40(44)41-24-11-14-26-45(41)49/h1-33H. The summed E-state index contributed by atoms with van der Waals surface area (Å²) in [6.07, 6.45) is 0. The van der Waals surface area contributed by atoms with Gasteiger partial charge in [-0.25, -0.2) is 0 Å². The molecule has 1 heterocycles. The maximum atomic E-state index is 6.73. The van der Waals surface area contributed by atoms with Gasteiger partial charge >= 0.3 is 0 Å². The Morgan fingerprint density at radius 1 is 0.373 bits per heavy atom. The molecule has 51 heavy (non-hydrogen) atoms. The first-order chi connectivity index (χ1) is 25.3. The molecule has 0 radical (unpaired) electrons. The molecular formula is C49H33NO.